The molecule has 1 rings (SSSR count). The first kappa shape index (κ1) is 15.6. The fraction of sp³-hybridized carbons (Fsp3) is 0.909. The van der Waals surface area contributed by atoms with Crippen molar-refractivity contribution >= 4 is 17.5 Å². The Hall–Kier alpha value is -0.460. The van der Waals surface area contributed by atoms with Gasteiger partial charge in [-0.15, -0.1) is 11.6 Å². The molecule has 4 nitrogen and oxygen atoms in total. The normalized spacial score (nSPS) is 18.9. The van der Waals surface area contributed by atoms with Crippen LogP contribution in [-0.2, 0) is 14.3 Å². The summed E-state index contributed by atoms with van der Waals surface area (Å²) in [6, 6.07) is 0. The van der Waals surface area contributed by atoms with Gasteiger partial charge in [0.15, 0.2) is 0 Å². The number of carbonyl (C=O) groups excluding carboxylic acids is 1. The van der Waals surface area contributed by atoms with Crippen molar-refractivity contribution in [2.75, 3.05) is 32.3 Å². The summed E-state index contributed by atoms with van der Waals surface area (Å²) in [6.45, 7) is 0.483. The summed E-state index contributed by atoms with van der Waals surface area (Å²) >= 11 is 5.88. The van der Waals surface area contributed by atoms with Crippen LogP contribution >= 0.6 is 11.6 Å². The van der Waals surface area contributed by atoms with E-state index >= 15 is 0 Å². The SMILES string of the molecule is O=C(CCOCC(F)F)NC1(CCl)CCOCC1. The number of nitrogens with one attached hydrogen (secondary N) is 1. The smallest absolute Gasteiger partial charge is 0.261 e. The number of alkyl halides is 3. The van der Waals surface area contributed by atoms with E-state index in [1.807, 2.05) is 0 Å². The van der Waals surface area contributed by atoms with Crippen LogP contribution in [0.4, 0.5) is 8.78 Å². The number of halogens is 3. The molecule has 1 saturated heterocycles. The molecule has 0 radical (unpaired) electrons. The van der Waals surface area contributed by atoms with E-state index in [0.717, 1.165) is 0 Å². The number of rotatable bonds is 7. The van der Waals surface area contributed by atoms with Gasteiger partial charge in [-0.25, -0.2) is 8.78 Å². The highest BCUT2D eigenvalue weighted by Gasteiger charge is 2.33. The Labute approximate surface area is 110 Å². The zero-order valence-electron chi connectivity index (χ0n) is 10.1. The molecule has 0 atom stereocenters. The minimum absolute atomic E-state index is 0.00889. The molecule has 0 saturated carbocycles. The Balaban J connectivity index is 2.25. The standard InChI is InChI=1S/C11H18ClF2NO3/c12-8-11(2-5-17-6-3-11)15-10(16)1-4-18-7-9(13)14/h9H,1-8H2,(H,15,16). The Kier molecular flexibility index (Phi) is 6.81. The summed E-state index contributed by atoms with van der Waals surface area (Å²) in [5.41, 5.74) is -0.431. The number of ether oxygens (including phenoxy) is 2. The van der Waals surface area contributed by atoms with E-state index in [1.54, 1.807) is 0 Å². The molecule has 1 aliphatic rings. The molecule has 1 fully saturated rings. The quantitative estimate of drug-likeness (QED) is 0.570. The summed E-state index contributed by atoms with van der Waals surface area (Å²) in [5, 5.41) is 2.85. The Morgan fingerprint density at radius 1 is 1.44 bits per heavy atom. The largest absolute Gasteiger partial charge is 0.381 e. The number of carbonyl (C=O) groups is 1. The lowest BCUT2D eigenvalue weighted by molar-refractivity contribution is -0.125. The zero-order chi connectivity index (χ0) is 13.4. The molecule has 106 valence electrons. The maximum Gasteiger partial charge on any atom is 0.261 e. The molecule has 1 heterocycles. The van der Waals surface area contributed by atoms with Crippen molar-refractivity contribution in [3.05, 3.63) is 0 Å². The summed E-state index contributed by atoms with van der Waals surface area (Å²) in [7, 11) is 0. The number of hydrogen-bond acceptors (Lipinski definition) is 3. The van der Waals surface area contributed by atoms with E-state index in [9.17, 15) is 13.6 Å². The van der Waals surface area contributed by atoms with Crippen LogP contribution in [0.2, 0.25) is 0 Å². The van der Waals surface area contributed by atoms with Crippen molar-refractivity contribution in [2.24, 2.45) is 0 Å². The van der Waals surface area contributed by atoms with E-state index in [1.165, 1.54) is 0 Å². The lowest BCUT2D eigenvalue weighted by atomic mass is 9.92. The van der Waals surface area contributed by atoms with E-state index in [4.69, 9.17) is 16.3 Å². The third-order valence-corrected chi connectivity index (χ3v) is 3.34. The van der Waals surface area contributed by atoms with Crippen molar-refractivity contribution in [3.63, 3.8) is 0 Å². The number of amides is 1. The van der Waals surface area contributed by atoms with Gasteiger partial charge in [0.25, 0.3) is 6.43 Å². The van der Waals surface area contributed by atoms with E-state index in [-0.39, 0.29) is 18.9 Å². The molecule has 0 unspecified atom stereocenters. The molecule has 0 aromatic rings. The van der Waals surface area contributed by atoms with Gasteiger partial charge < -0.3 is 14.8 Å². The van der Waals surface area contributed by atoms with Crippen LogP contribution in [0.25, 0.3) is 0 Å². The zero-order valence-corrected chi connectivity index (χ0v) is 10.8. The van der Waals surface area contributed by atoms with Gasteiger partial charge in [-0.05, 0) is 12.8 Å². The molecular weight excluding hydrogens is 268 g/mol. The second-order valence-electron chi connectivity index (χ2n) is 4.29. The maximum atomic E-state index is 11.8. The highest BCUT2D eigenvalue weighted by molar-refractivity contribution is 6.18. The molecule has 0 bridgehead atoms. The van der Waals surface area contributed by atoms with Gasteiger partial charge in [0.05, 0.1) is 12.1 Å². The molecule has 0 aromatic heterocycles. The van der Waals surface area contributed by atoms with Gasteiger partial charge in [0.1, 0.15) is 6.61 Å². The Bertz CT molecular complexity index is 261. The van der Waals surface area contributed by atoms with Crippen molar-refractivity contribution in [1.29, 1.82) is 0 Å². The fourth-order valence-electron chi connectivity index (χ4n) is 1.75. The third kappa shape index (κ3) is 5.46. The summed E-state index contributed by atoms with van der Waals surface area (Å²) in [4.78, 5) is 11.6. The molecule has 1 amide bonds. The van der Waals surface area contributed by atoms with Crippen molar-refractivity contribution < 1.29 is 23.0 Å². The summed E-state index contributed by atoms with van der Waals surface area (Å²) in [5.74, 6) is 0.0896. The van der Waals surface area contributed by atoms with Crippen LogP contribution in [0.15, 0.2) is 0 Å². The predicted octanol–water partition coefficient (Wildman–Crippen LogP) is 1.56. The molecule has 7 heteroatoms. The van der Waals surface area contributed by atoms with Gasteiger partial charge in [0, 0.05) is 25.5 Å². The number of hydrogen-bond donors (Lipinski definition) is 1. The molecule has 0 spiro atoms. The van der Waals surface area contributed by atoms with Crippen LogP contribution in [0.5, 0.6) is 0 Å². The van der Waals surface area contributed by atoms with Gasteiger partial charge in [0.2, 0.25) is 5.91 Å². The highest BCUT2D eigenvalue weighted by Crippen LogP contribution is 2.22. The highest BCUT2D eigenvalue weighted by atomic mass is 35.5. The topological polar surface area (TPSA) is 47.6 Å². The van der Waals surface area contributed by atoms with E-state index < -0.39 is 18.6 Å². The van der Waals surface area contributed by atoms with Crippen LogP contribution in [0.1, 0.15) is 19.3 Å². The minimum Gasteiger partial charge on any atom is -0.381 e. The van der Waals surface area contributed by atoms with Gasteiger partial charge >= 0.3 is 0 Å². The van der Waals surface area contributed by atoms with Crippen molar-refractivity contribution in [2.45, 2.75) is 31.2 Å². The average Bonchev–Trinajstić information content (AvgIpc) is 2.35. The fourth-order valence-corrected chi connectivity index (χ4v) is 2.08. The minimum atomic E-state index is -2.50. The molecule has 18 heavy (non-hydrogen) atoms. The van der Waals surface area contributed by atoms with E-state index in [2.05, 4.69) is 10.1 Å². The molecule has 1 aliphatic heterocycles. The maximum absolute atomic E-state index is 11.8. The molecule has 0 aliphatic carbocycles. The lowest BCUT2D eigenvalue weighted by Gasteiger charge is -2.36. The van der Waals surface area contributed by atoms with E-state index in [0.29, 0.717) is 31.9 Å². The Morgan fingerprint density at radius 2 is 2.11 bits per heavy atom. The molecule has 1 N–H and O–H groups in total. The van der Waals surface area contributed by atoms with Gasteiger partial charge in [-0.1, -0.05) is 0 Å². The van der Waals surface area contributed by atoms with Gasteiger partial charge in [-0.3, -0.25) is 4.79 Å². The lowest BCUT2D eigenvalue weighted by Crippen LogP contribution is -2.53. The van der Waals surface area contributed by atoms with Crippen molar-refractivity contribution in [1.82, 2.24) is 5.32 Å². The van der Waals surface area contributed by atoms with Crippen LogP contribution < -0.4 is 5.32 Å². The molecule has 0 aromatic carbocycles. The second kappa shape index (κ2) is 7.86. The summed E-state index contributed by atoms with van der Waals surface area (Å²) in [6.07, 6.45) is -1.11. The van der Waals surface area contributed by atoms with Crippen molar-refractivity contribution in [3.8, 4) is 0 Å². The monoisotopic (exact) mass is 285 g/mol. The average molecular weight is 286 g/mol. The third-order valence-electron chi connectivity index (χ3n) is 2.83. The van der Waals surface area contributed by atoms with Crippen LogP contribution in [0, 0.1) is 0 Å². The predicted molar refractivity (Wildman–Crippen MR) is 63.1 cm³/mol. The molecular formula is C11H18ClF2NO3. The van der Waals surface area contributed by atoms with Gasteiger partial charge in [-0.2, -0.15) is 0 Å². The van der Waals surface area contributed by atoms with Crippen LogP contribution in [0.3, 0.4) is 0 Å². The van der Waals surface area contributed by atoms with Crippen LogP contribution in [-0.4, -0.2) is 50.2 Å². The second-order valence-corrected chi connectivity index (χ2v) is 4.56. The Morgan fingerprint density at radius 3 is 2.67 bits per heavy atom. The first-order valence-corrected chi connectivity index (χ1v) is 6.42. The first-order valence-electron chi connectivity index (χ1n) is 5.88. The summed E-state index contributed by atoms with van der Waals surface area (Å²) < 4.78 is 33.4. The first-order chi connectivity index (χ1) is 8.58.